The van der Waals surface area contributed by atoms with E-state index in [0.717, 1.165) is 23.9 Å². The van der Waals surface area contributed by atoms with E-state index in [2.05, 4.69) is 31.1 Å². The van der Waals surface area contributed by atoms with Crippen LogP contribution in [0.4, 0.5) is 0 Å². The molecule has 0 bridgehead atoms. The Balaban J connectivity index is 1.80. The van der Waals surface area contributed by atoms with Crippen LogP contribution in [0, 0.1) is 11.8 Å². The molecule has 2 fully saturated rings. The lowest BCUT2D eigenvalue weighted by molar-refractivity contribution is 0.0813. The second-order valence-corrected chi connectivity index (χ2v) is 6.29. The molecule has 1 heterocycles. The zero-order chi connectivity index (χ0) is 11.5. The first-order valence-electron chi connectivity index (χ1n) is 7.09. The highest BCUT2D eigenvalue weighted by atomic mass is 15.2. The van der Waals surface area contributed by atoms with Crippen molar-refractivity contribution in [2.24, 2.45) is 11.8 Å². The fraction of sp³-hybridized carbons (Fsp3) is 1.00. The average Bonchev–Trinajstić information content (AvgIpc) is 2.14. The van der Waals surface area contributed by atoms with Gasteiger partial charge in [0.25, 0.3) is 0 Å². The summed E-state index contributed by atoms with van der Waals surface area (Å²) < 4.78 is 0. The molecular weight excluding hydrogens is 196 g/mol. The van der Waals surface area contributed by atoms with Crippen LogP contribution in [0.15, 0.2) is 0 Å². The van der Waals surface area contributed by atoms with Gasteiger partial charge < -0.3 is 5.32 Å². The predicted octanol–water partition coefficient (Wildman–Crippen LogP) is 2.49. The Bertz CT molecular complexity index is 211. The van der Waals surface area contributed by atoms with Crippen molar-refractivity contribution < 1.29 is 0 Å². The summed E-state index contributed by atoms with van der Waals surface area (Å²) in [6.07, 6.45) is 7.25. The molecule has 2 aliphatic rings. The molecule has 16 heavy (non-hydrogen) atoms. The van der Waals surface area contributed by atoms with Crippen LogP contribution >= 0.6 is 0 Å². The number of hydrogen-bond acceptors (Lipinski definition) is 2. The van der Waals surface area contributed by atoms with Gasteiger partial charge >= 0.3 is 0 Å². The fourth-order valence-electron chi connectivity index (χ4n) is 3.37. The third-order valence-electron chi connectivity index (χ3n) is 4.47. The number of rotatable bonds is 4. The van der Waals surface area contributed by atoms with Crippen LogP contribution in [0.1, 0.15) is 46.0 Å². The van der Waals surface area contributed by atoms with Gasteiger partial charge in [-0.25, -0.2) is 0 Å². The second kappa shape index (κ2) is 5.50. The van der Waals surface area contributed by atoms with Crippen LogP contribution in [0.25, 0.3) is 0 Å². The van der Waals surface area contributed by atoms with Crippen molar-refractivity contribution in [3.8, 4) is 0 Å². The summed E-state index contributed by atoms with van der Waals surface area (Å²) in [5.74, 6) is 1.87. The van der Waals surface area contributed by atoms with E-state index in [1.54, 1.807) is 0 Å². The Hall–Kier alpha value is -0.0800. The normalized spacial score (nSPS) is 32.1. The largest absolute Gasteiger partial charge is 0.314 e. The third kappa shape index (κ3) is 2.98. The first-order valence-corrected chi connectivity index (χ1v) is 7.09. The highest BCUT2D eigenvalue weighted by Gasteiger charge is 2.31. The van der Waals surface area contributed by atoms with Crippen molar-refractivity contribution in [2.75, 3.05) is 20.1 Å². The van der Waals surface area contributed by atoms with Gasteiger partial charge in [-0.1, -0.05) is 26.7 Å². The molecule has 0 aromatic heterocycles. The Morgan fingerprint density at radius 2 is 1.94 bits per heavy atom. The molecule has 1 N–H and O–H groups in total. The van der Waals surface area contributed by atoms with Crippen molar-refractivity contribution in [3.05, 3.63) is 0 Å². The molecule has 1 aliphatic heterocycles. The maximum absolute atomic E-state index is 3.38. The molecule has 2 heteroatoms. The minimum Gasteiger partial charge on any atom is -0.314 e. The van der Waals surface area contributed by atoms with E-state index in [1.807, 2.05) is 0 Å². The van der Waals surface area contributed by atoms with Crippen LogP contribution in [0.3, 0.4) is 0 Å². The van der Waals surface area contributed by atoms with Crippen molar-refractivity contribution in [2.45, 2.75) is 58.0 Å². The van der Waals surface area contributed by atoms with Crippen LogP contribution < -0.4 is 5.32 Å². The second-order valence-electron chi connectivity index (χ2n) is 6.29. The maximum atomic E-state index is 3.38. The molecule has 0 aromatic rings. The lowest BCUT2D eigenvalue weighted by Gasteiger charge is -2.43. The quantitative estimate of drug-likeness (QED) is 0.789. The van der Waals surface area contributed by atoms with Crippen LogP contribution in [0.5, 0.6) is 0 Å². The average molecular weight is 224 g/mol. The van der Waals surface area contributed by atoms with Gasteiger partial charge in [0.05, 0.1) is 0 Å². The zero-order valence-corrected chi connectivity index (χ0v) is 11.2. The summed E-state index contributed by atoms with van der Waals surface area (Å²) in [5.41, 5.74) is 0. The van der Waals surface area contributed by atoms with Gasteiger partial charge in [0.1, 0.15) is 0 Å². The third-order valence-corrected chi connectivity index (χ3v) is 4.47. The molecule has 0 amide bonds. The molecule has 1 saturated carbocycles. The Morgan fingerprint density at radius 3 is 2.50 bits per heavy atom. The summed E-state index contributed by atoms with van der Waals surface area (Å²) in [6.45, 7) is 7.15. The SMILES string of the molecule is CC(C)CC1CCCC(N(C)C2CNC2)C1. The maximum Gasteiger partial charge on any atom is 0.0345 e. The van der Waals surface area contributed by atoms with E-state index in [0.29, 0.717) is 0 Å². The van der Waals surface area contributed by atoms with Gasteiger partial charge in [0.15, 0.2) is 0 Å². The first-order chi connectivity index (χ1) is 7.66. The summed E-state index contributed by atoms with van der Waals surface area (Å²) in [7, 11) is 2.34. The van der Waals surface area contributed by atoms with Crippen LogP contribution in [-0.2, 0) is 0 Å². The van der Waals surface area contributed by atoms with Crippen LogP contribution in [-0.4, -0.2) is 37.1 Å². The smallest absolute Gasteiger partial charge is 0.0345 e. The van der Waals surface area contributed by atoms with Gasteiger partial charge in [0, 0.05) is 25.2 Å². The standard InChI is InChI=1S/C14H28N2/c1-11(2)7-12-5-4-6-13(8-12)16(3)14-9-15-10-14/h11-15H,4-10H2,1-3H3. The number of nitrogens with zero attached hydrogens (tertiary/aromatic N) is 1. The monoisotopic (exact) mass is 224 g/mol. The summed E-state index contributed by atoms with van der Waals surface area (Å²) in [5, 5.41) is 3.38. The van der Waals surface area contributed by atoms with E-state index < -0.39 is 0 Å². The van der Waals surface area contributed by atoms with Gasteiger partial charge in [0.2, 0.25) is 0 Å². The highest BCUT2D eigenvalue weighted by Crippen LogP contribution is 2.32. The predicted molar refractivity (Wildman–Crippen MR) is 69.6 cm³/mol. The summed E-state index contributed by atoms with van der Waals surface area (Å²) in [4.78, 5) is 2.66. The van der Waals surface area contributed by atoms with Crippen molar-refractivity contribution >= 4 is 0 Å². The van der Waals surface area contributed by atoms with E-state index >= 15 is 0 Å². The Labute approximate surface area is 101 Å². The number of hydrogen-bond donors (Lipinski definition) is 1. The highest BCUT2D eigenvalue weighted by molar-refractivity contribution is 4.89. The minimum absolute atomic E-state index is 0.822. The molecule has 2 unspecified atom stereocenters. The lowest BCUT2D eigenvalue weighted by Crippen LogP contribution is -2.59. The Morgan fingerprint density at radius 1 is 1.19 bits per heavy atom. The van der Waals surface area contributed by atoms with Gasteiger partial charge in [-0.2, -0.15) is 0 Å². The summed E-state index contributed by atoms with van der Waals surface area (Å²) in [6, 6.07) is 1.69. The Kier molecular flexibility index (Phi) is 4.26. The molecule has 94 valence electrons. The summed E-state index contributed by atoms with van der Waals surface area (Å²) >= 11 is 0. The molecule has 1 saturated heterocycles. The topological polar surface area (TPSA) is 15.3 Å². The van der Waals surface area contributed by atoms with Gasteiger partial charge in [-0.15, -0.1) is 0 Å². The molecular formula is C14H28N2. The molecule has 1 aliphatic carbocycles. The molecule has 0 aromatic carbocycles. The van der Waals surface area contributed by atoms with E-state index in [9.17, 15) is 0 Å². The fourth-order valence-corrected chi connectivity index (χ4v) is 3.37. The number of nitrogens with one attached hydrogen (secondary N) is 1. The van der Waals surface area contributed by atoms with E-state index in [-0.39, 0.29) is 0 Å². The molecule has 2 nitrogen and oxygen atoms in total. The first kappa shape index (κ1) is 12.4. The van der Waals surface area contributed by atoms with Crippen molar-refractivity contribution in [1.82, 2.24) is 10.2 Å². The van der Waals surface area contributed by atoms with Gasteiger partial charge in [-0.05, 0) is 38.1 Å². The van der Waals surface area contributed by atoms with Crippen molar-refractivity contribution in [3.63, 3.8) is 0 Å². The number of likely N-dealkylation sites (N-methyl/N-ethyl adjacent to an activating group) is 1. The van der Waals surface area contributed by atoms with E-state index in [4.69, 9.17) is 0 Å². The van der Waals surface area contributed by atoms with E-state index in [1.165, 1.54) is 45.2 Å². The lowest BCUT2D eigenvalue weighted by atomic mass is 9.80. The molecule has 0 radical (unpaired) electrons. The molecule has 2 atom stereocenters. The zero-order valence-electron chi connectivity index (χ0n) is 11.2. The molecule has 2 rings (SSSR count). The van der Waals surface area contributed by atoms with Crippen molar-refractivity contribution in [1.29, 1.82) is 0 Å². The molecule has 0 spiro atoms. The van der Waals surface area contributed by atoms with Gasteiger partial charge in [-0.3, -0.25) is 4.90 Å². The van der Waals surface area contributed by atoms with Crippen LogP contribution in [0.2, 0.25) is 0 Å². The minimum atomic E-state index is 0.822.